The summed E-state index contributed by atoms with van der Waals surface area (Å²) in [5.74, 6) is -4.61. The Hall–Kier alpha value is -2.19. The molecule has 1 aliphatic heterocycles. The van der Waals surface area contributed by atoms with Gasteiger partial charge in [-0.3, -0.25) is 9.13 Å². The molecule has 14 nitrogen and oxygen atoms in total. The smallest absolute Gasteiger partial charge is 0.365 e. The van der Waals surface area contributed by atoms with Gasteiger partial charge in [-0.25, -0.2) is 9.78 Å². The summed E-state index contributed by atoms with van der Waals surface area (Å²) in [5, 5.41) is 10.3. The molecule has 3 rings (SSSR count). The van der Waals surface area contributed by atoms with Gasteiger partial charge in [0.2, 0.25) is 5.28 Å². The molecule has 31 heavy (non-hydrogen) atoms. The summed E-state index contributed by atoms with van der Waals surface area (Å²) in [6.07, 6.45) is -2.07. The van der Waals surface area contributed by atoms with Crippen LogP contribution in [-0.4, -0.2) is 77.9 Å². The molecule has 0 bridgehead atoms. The highest BCUT2D eigenvalue weighted by Gasteiger charge is 2.47. The Bertz CT molecular complexity index is 1030. The van der Waals surface area contributed by atoms with Gasteiger partial charge in [0.15, 0.2) is 11.5 Å². The van der Waals surface area contributed by atoms with E-state index < -0.39 is 50.4 Å². The maximum absolute atomic E-state index is 11.8. The van der Waals surface area contributed by atoms with Crippen molar-refractivity contribution in [3.63, 3.8) is 0 Å². The number of fused-ring (bicyclic) bond motifs is 1. The number of rotatable bonds is 8. The third-order valence-corrected chi connectivity index (χ3v) is 5.62. The molecule has 2 aromatic heterocycles. The Morgan fingerprint density at radius 3 is 2.81 bits per heavy atom. The van der Waals surface area contributed by atoms with Crippen LogP contribution in [0.25, 0.3) is 11.2 Å². The summed E-state index contributed by atoms with van der Waals surface area (Å²) in [7, 11) is -5.03. The average Bonchev–Trinajstić information content (AvgIpc) is 3.22. The van der Waals surface area contributed by atoms with E-state index in [2.05, 4.69) is 19.7 Å². The first-order valence-electron chi connectivity index (χ1n) is 8.86. The van der Waals surface area contributed by atoms with Gasteiger partial charge in [-0.2, -0.15) is 9.97 Å². The maximum atomic E-state index is 11.8. The lowest BCUT2D eigenvalue weighted by Crippen LogP contribution is -2.35. The van der Waals surface area contributed by atoms with E-state index in [-0.39, 0.29) is 28.9 Å². The van der Waals surface area contributed by atoms with E-state index in [1.165, 1.54) is 17.8 Å². The van der Waals surface area contributed by atoms with E-state index in [9.17, 15) is 29.0 Å². The average molecular weight is 480 g/mol. The van der Waals surface area contributed by atoms with Crippen molar-refractivity contribution >= 4 is 48.4 Å². The fourth-order valence-corrected chi connectivity index (χ4v) is 3.90. The van der Waals surface area contributed by atoms with E-state index in [1.807, 2.05) is 0 Å². The molecule has 16 heteroatoms. The van der Waals surface area contributed by atoms with Crippen molar-refractivity contribution in [1.82, 2.24) is 19.5 Å². The van der Waals surface area contributed by atoms with E-state index in [1.54, 1.807) is 0 Å². The summed E-state index contributed by atoms with van der Waals surface area (Å²) in [4.78, 5) is 54.0. The second kappa shape index (κ2) is 9.12. The van der Waals surface area contributed by atoms with Crippen LogP contribution in [0, 0.1) is 5.92 Å². The number of imidazole rings is 1. The summed E-state index contributed by atoms with van der Waals surface area (Å²) in [6, 6.07) is 0. The molecule has 5 atom stereocenters. The first-order valence-corrected chi connectivity index (χ1v) is 10.9. The minimum atomic E-state index is -5.03. The summed E-state index contributed by atoms with van der Waals surface area (Å²) >= 11 is 5.83. The summed E-state index contributed by atoms with van der Waals surface area (Å²) in [5.41, 5.74) is 6.09. The number of aromatic nitrogens is 4. The number of anilines is 1. The van der Waals surface area contributed by atoms with Gasteiger partial charge in [-0.05, 0) is 18.5 Å². The number of aldehydes is 1. The zero-order valence-corrected chi connectivity index (χ0v) is 17.6. The molecule has 0 aliphatic carbocycles. The summed E-state index contributed by atoms with van der Waals surface area (Å²) in [6.45, 7) is 0.703. The predicted molar refractivity (Wildman–Crippen MR) is 103 cm³/mol. The number of hydrogen-bond acceptors (Lipinski definition) is 11. The number of carbonyl (C=O) groups is 2. The Labute approximate surface area is 179 Å². The molecule has 3 heterocycles. The Morgan fingerprint density at radius 1 is 1.48 bits per heavy atom. The number of aliphatic hydroxyl groups is 1. The fourth-order valence-electron chi connectivity index (χ4n) is 3.10. The number of ether oxygens (including phenoxy) is 3. The third kappa shape index (κ3) is 4.70. The lowest BCUT2D eigenvalue weighted by molar-refractivity contribution is -0.155. The molecule has 1 aliphatic rings. The van der Waals surface area contributed by atoms with Crippen LogP contribution >= 0.6 is 19.2 Å². The number of hydrogen-bond donors (Lipinski definition) is 4. The molecular formula is C15H19ClN5O9P. The Morgan fingerprint density at radius 2 is 2.19 bits per heavy atom. The maximum Gasteiger partial charge on any atom is 0.365 e. The molecule has 1 saturated heterocycles. The van der Waals surface area contributed by atoms with Gasteiger partial charge in [0.1, 0.15) is 24.1 Å². The zero-order chi connectivity index (χ0) is 22.9. The number of aliphatic hydroxyl groups excluding tert-OH is 1. The van der Waals surface area contributed by atoms with Gasteiger partial charge in [-0.1, -0.05) is 0 Å². The highest BCUT2D eigenvalue weighted by atomic mass is 35.5. The standard InChI is InChI=1S/C15H19ClN5O9P/c1-2-28-13(24)14(31(25,26)27)29-4-7-9(23)6(3-22)12(30-7)21-5-18-8-10(17)19-15(16)20-11(8)21/h3,5-7,9,12,14,23H,2,4H2,1H3,(H2,17,19,20)(H2,25,26,27). The van der Waals surface area contributed by atoms with Crippen molar-refractivity contribution in [2.45, 2.75) is 31.2 Å². The Kier molecular flexibility index (Phi) is 6.91. The van der Waals surface area contributed by atoms with Crippen LogP contribution in [0.5, 0.6) is 0 Å². The van der Waals surface area contributed by atoms with E-state index >= 15 is 0 Å². The van der Waals surface area contributed by atoms with Crippen LogP contribution in [-0.2, 0) is 28.4 Å². The van der Waals surface area contributed by atoms with Gasteiger partial charge in [-0.15, -0.1) is 0 Å². The van der Waals surface area contributed by atoms with E-state index in [0.717, 1.165) is 0 Å². The number of nitrogens with two attached hydrogens (primary N) is 1. The van der Waals surface area contributed by atoms with Crippen molar-refractivity contribution in [2.24, 2.45) is 5.92 Å². The highest BCUT2D eigenvalue weighted by molar-refractivity contribution is 7.53. The number of esters is 1. The molecule has 0 spiro atoms. The SMILES string of the molecule is CCOC(=O)C(OCC1OC(n2cnc3c(N)nc(Cl)nc32)C(C=O)C1O)P(=O)(O)O. The van der Waals surface area contributed by atoms with Crippen LogP contribution < -0.4 is 5.73 Å². The molecule has 5 N–H and O–H groups in total. The van der Waals surface area contributed by atoms with Gasteiger partial charge < -0.3 is 39.6 Å². The topological polar surface area (TPSA) is 209 Å². The molecule has 0 amide bonds. The van der Waals surface area contributed by atoms with Crippen LogP contribution in [0.15, 0.2) is 6.33 Å². The number of nitrogen functional groups attached to an aromatic ring is 1. The van der Waals surface area contributed by atoms with Gasteiger partial charge in [0, 0.05) is 0 Å². The van der Waals surface area contributed by atoms with Gasteiger partial charge in [0.25, 0.3) is 5.85 Å². The quantitative estimate of drug-likeness (QED) is 0.158. The minimum Gasteiger partial charge on any atom is -0.464 e. The lowest BCUT2D eigenvalue weighted by atomic mass is 10.0. The monoisotopic (exact) mass is 479 g/mol. The number of carbonyl (C=O) groups excluding carboxylic acids is 2. The first kappa shape index (κ1) is 23.5. The number of halogens is 1. The normalized spacial score (nSPS) is 24.9. The predicted octanol–water partition coefficient (Wildman–Crippen LogP) is -0.781. The molecule has 5 unspecified atom stereocenters. The van der Waals surface area contributed by atoms with E-state index in [0.29, 0.717) is 6.29 Å². The second-order valence-electron chi connectivity index (χ2n) is 6.50. The van der Waals surface area contributed by atoms with Crippen molar-refractivity contribution in [3.8, 4) is 0 Å². The largest absolute Gasteiger partial charge is 0.464 e. The third-order valence-electron chi connectivity index (χ3n) is 4.48. The van der Waals surface area contributed by atoms with Crippen molar-refractivity contribution in [1.29, 1.82) is 0 Å². The first-order chi connectivity index (χ1) is 14.6. The molecule has 1 fully saturated rings. The Balaban J connectivity index is 1.84. The minimum absolute atomic E-state index is 0.00578. The van der Waals surface area contributed by atoms with Crippen LogP contribution in [0.4, 0.5) is 5.82 Å². The fraction of sp³-hybridized carbons (Fsp3) is 0.533. The lowest BCUT2D eigenvalue weighted by Gasteiger charge is -2.21. The van der Waals surface area contributed by atoms with Gasteiger partial charge in [0.05, 0.1) is 31.6 Å². The molecule has 0 saturated carbocycles. The molecule has 2 aromatic rings. The summed E-state index contributed by atoms with van der Waals surface area (Å²) < 4.78 is 28.2. The molecular weight excluding hydrogens is 461 g/mol. The second-order valence-corrected chi connectivity index (χ2v) is 8.48. The molecule has 170 valence electrons. The number of nitrogens with zero attached hydrogens (tertiary/aromatic N) is 4. The van der Waals surface area contributed by atoms with Crippen molar-refractivity contribution in [3.05, 3.63) is 11.6 Å². The van der Waals surface area contributed by atoms with Crippen LogP contribution in [0.2, 0.25) is 5.28 Å². The van der Waals surface area contributed by atoms with Crippen LogP contribution in [0.1, 0.15) is 13.2 Å². The zero-order valence-electron chi connectivity index (χ0n) is 15.9. The highest BCUT2D eigenvalue weighted by Crippen LogP contribution is 2.43. The van der Waals surface area contributed by atoms with Gasteiger partial charge >= 0.3 is 13.6 Å². The van der Waals surface area contributed by atoms with Crippen LogP contribution in [0.3, 0.4) is 0 Å². The van der Waals surface area contributed by atoms with E-state index in [4.69, 9.17) is 26.8 Å². The van der Waals surface area contributed by atoms with Crippen molar-refractivity contribution < 1.29 is 43.3 Å². The molecule has 0 radical (unpaired) electrons. The van der Waals surface area contributed by atoms with Crippen molar-refractivity contribution in [2.75, 3.05) is 18.9 Å². The molecule has 0 aromatic carbocycles.